The number of nitrogens with zero attached hydrogens (tertiary/aromatic N) is 5. The lowest BCUT2D eigenvalue weighted by Gasteiger charge is -2.33. The monoisotopic (exact) mass is 727 g/mol. The van der Waals surface area contributed by atoms with Gasteiger partial charge in [0.05, 0.1) is 50.1 Å². The highest BCUT2D eigenvalue weighted by molar-refractivity contribution is 7.78. The molecule has 278 valence electrons. The van der Waals surface area contributed by atoms with Crippen LogP contribution in [0.25, 0.3) is 0 Å². The maximum Gasteiger partial charge on any atom is 0.317 e. The molecule has 0 fully saturated rings. The Balaban J connectivity index is 3.08. The van der Waals surface area contributed by atoms with Crippen molar-refractivity contribution in [2.24, 2.45) is 4.99 Å². The summed E-state index contributed by atoms with van der Waals surface area (Å²) in [4.78, 5) is 78.6. The van der Waals surface area contributed by atoms with E-state index in [0.717, 1.165) is 5.56 Å². The number of carbonyl (C=O) groups is 6. The van der Waals surface area contributed by atoms with Gasteiger partial charge in [-0.15, -0.1) is 0 Å². The fourth-order valence-electron chi connectivity index (χ4n) is 4.92. The summed E-state index contributed by atoms with van der Waals surface area (Å²) in [5.74, 6) is -6.78. The summed E-state index contributed by atoms with van der Waals surface area (Å²) in [6.45, 7) is -1.35. The molecule has 1 unspecified atom stereocenters. The zero-order valence-electron chi connectivity index (χ0n) is 27.5. The van der Waals surface area contributed by atoms with Crippen molar-refractivity contribution in [3.05, 3.63) is 29.8 Å². The minimum atomic E-state index is -1.17. The fourth-order valence-corrected chi connectivity index (χ4v) is 5.03. The molecule has 0 bridgehead atoms. The number of benzene rings is 1. The molecule has 1 atom stereocenters. The summed E-state index contributed by atoms with van der Waals surface area (Å²) in [6, 6.07) is 6.42. The third kappa shape index (κ3) is 21.5. The zero-order chi connectivity index (χ0) is 37.5. The van der Waals surface area contributed by atoms with E-state index in [9.17, 15) is 49.2 Å². The SMILES string of the molecule is O=C(O)CNCCN(CCN(CCN(CCN(CC(=O)O)C(CNCC(=O)O)Cc1ccc(N=C=S)cc1)CC(=O)O)CC(=O)O)CC(=O)O. The molecule has 20 heteroatoms. The Hall–Kier alpha value is -4.40. The molecular weight excluding hydrogens is 682 g/mol. The minimum absolute atomic E-state index is 0.0681. The van der Waals surface area contributed by atoms with Crippen LogP contribution in [0.1, 0.15) is 5.56 Å². The first-order chi connectivity index (χ1) is 23.7. The molecule has 0 spiro atoms. The van der Waals surface area contributed by atoms with E-state index in [2.05, 4.69) is 33.0 Å². The highest BCUT2D eigenvalue weighted by atomic mass is 32.1. The second kappa shape index (κ2) is 24.7. The highest BCUT2D eigenvalue weighted by Crippen LogP contribution is 2.15. The van der Waals surface area contributed by atoms with Crippen LogP contribution in [0, 0.1) is 0 Å². The van der Waals surface area contributed by atoms with Gasteiger partial charge in [0.25, 0.3) is 0 Å². The van der Waals surface area contributed by atoms with E-state index in [-0.39, 0.29) is 78.5 Å². The summed E-state index contributed by atoms with van der Waals surface area (Å²) < 4.78 is 0. The Morgan fingerprint density at radius 1 is 0.620 bits per heavy atom. The third-order valence-corrected chi connectivity index (χ3v) is 7.31. The van der Waals surface area contributed by atoms with Gasteiger partial charge in [-0.05, 0) is 36.3 Å². The van der Waals surface area contributed by atoms with Crippen molar-refractivity contribution in [2.75, 3.05) is 98.2 Å². The molecule has 0 heterocycles. The van der Waals surface area contributed by atoms with Crippen molar-refractivity contribution < 1.29 is 59.4 Å². The molecule has 0 radical (unpaired) electrons. The molecule has 1 rings (SSSR count). The van der Waals surface area contributed by atoms with Gasteiger partial charge in [-0.1, -0.05) is 12.1 Å². The van der Waals surface area contributed by atoms with Crippen LogP contribution >= 0.6 is 12.2 Å². The second-order valence-electron chi connectivity index (χ2n) is 11.2. The first-order valence-electron chi connectivity index (χ1n) is 15.5. The van der Waals surface area contributed by atoms with Crippen LogP contribution in [0.2, 0.25) is 0 Å². The largest absolute Gasteiger partial charge is 0.480 e. The quantitative estimate of drug-likeness (QED) is 0.0247. The fraction of sp³-hybridized carbons (Fsp3) is 0.567. The van der Waals surface area contributed by atoms with Crippen LogP contribution < -0.4 is 10.6 Å². The van der Waals surface area contributed by atoms with Gasteiger partial charge in [0.2, 0.25) is 0 Å². The molecule has 19 nitrogen and oxygen atoms in total. The zero-order valence-corrected chi connectivity index (χ0v) is 28.3. The third-order valence-electron chi connectivity index (χ3n) is 7.22. The molecule has 0 saturated carbocycles. The molecule has 0 aliphatic rings. The smallest absolute Gasteiger partial charge is 0.317 e. The van der Waals surface area contributed by atoms with Crippen molar-refractivity contribution in [2.45, 2.75) is 12.5 Å². The summed E-state index contributed by atoms with van der Waals surface area (Å²) in [5.41, 5.74) is 1.36. The lowest BCUT2D eigenvalue weighted by atomic mass is 10.0. The molecule has 0 aliphatic carbocycles. The van der Waals surface area contributed by atoms with Crippen molar-refractivity contribution in [3.63, 3.8) is 0 Å². The van der Waals surface area contributed by atoms with Crippen LogP contribution in [0.3, 0.4) is 0 Å². The van der Waals surface area contributed by atoms with Crippen molar-refractivity contribution in [1.82, 2.24) is 30.2 Å². The van der Waals surface area contributed by atoms with Gasteiger partial charge in [0.15, 0.2) is 0 Å². The normalized spacial score (nSPS) is 11.8. The first kappa shape index (κ1) is 43.6. The van der Waals surface area contributed by atoms with Crippen molar-refractivity contribution >= 4 is 58.9 Å². The lowest BCUT2D eigenvalue weighted by Crippen LogP contribution is -2.50. The number of nitrogens with one attached hydrogen (secondary N) is 2. The minimum Gasteiger partial charge on any atom is -0.480 e. The number of isothiocyanates is 1. The van der Waals surface area contributed by atoms with Gasteiger partial charge in [-0.3, -0.25) is 48.4 Å². The number of carboxylic acid groups (broad SMARTS) is 6. The molecule has 0 aliphatic heterocycles. The van der Waals surface area contributed by atoms with Crippen molar-refractivity contribution in [3.8, 4) is 0 Å². The average Bonchev–Trinajstić information content (AvgIpc) is 3.01. The summed E-state index contributed by atoms with van der Waals surface area (Å²) in [7, 11) is 0. The Morgan fingerprint density at radius 3 is 1.50 bits per heavy atom. The van der Waals surface area contributed by atoms with Gasteiger partial charge >= 0.3 is 35.8 Å². The molecule has 50 heavy (non-hydrogen) atoms. The van der Waals surface area contributed by atoms with E-state index in [4.69, 9.17) is 10.2 Å². The van der Waals surface area contributed by atoms with Gasteiger partial charge < -0.3 is 41.3 Å². The maximum absolute atomic E-state index is 11.9. The van der Waals surface area contributed by atoms with Gasteiger partial charge in [0.1, 0.15) is 0 Å². The molecule has 1 aromatic rings. The number of aliphatic carboxylic acids is 6. The summed E-state index contributed by atoms with van der Waals surface area (Å²) in [6.07, 6.45) is 0.311. The molecule has 0 amide bonds. The first-order valence-corrected chi connectivity index (χ1v) is 15.9. The van der Waals surface area contributed by atoms with Crippen LogP contribution in [0.4, 0.5) is 5.69 Å². The molecule has 1 aromatic carbocycles. The molecule has 8 N–H and O–H groups in total. The van der Waals surface area contributed by atoms with E-state index in [1.807, 2.05) is 0 Å². The average molecular weight is 728 g/mol. The predicted molar refractivity (Wildman–Crippen MR) is 181 cm³/mol. The highest BCUT2D eigenvalue weighted by Gasteiger charge is 2.24. The number of hydrogen-bond acceptors (Lipinski definition) is 14. The standard InChI is InChI=1S/C30H45N7O12S/c38-25(39)15-31-5-6-34(17-27(42)43)7-8-35(18-28(44)45)9-10-36(19-29(46)47)11-12-37(20-30(48)49)24(14-32-16-26(40)41)13-22-1-3-23(4-2-22)33-21-50/h1-4,24,31-32H,5-20H2,(H,38,39)(H,40,41)(H,42,43)(H,44,45)(H,46,47)(H,48,49). The van der Waals surface area contributed by atoms with E-state index in [0.29, 0.717) is 12.1 Å². The van der Waals surface area contributed by atoms with Gasteiger partial charge in [0, 0.05) is 64.9 Å². The van der Waals surface area contributed by atoms with E-state index in [1.165, 1.54) is 14.7 Å². The van der Waals surface area contributed by atoms with Crippen LogP contribution in [0.15, 0.2) is 29.3 Å². The van der Waals surface area contributed by atoms with Crippen molar-refractivity contribution in [1.29, 1.82) is 0 Å². The van der Waals surface area contributed by atoms with Crippen LogP contribution in [0.5, 0.6) is 0 Å². The Labute approximate surface area is 293 Å². The number of hydrogen-bond donors (Lipinski definition) is 8. The Morgan fingerprint density at radius 2 is 1.06 bits per heavy atom. The van der Waals surface area contributed by atoms with Crippen LogP contribution in [-0.2, 0) is 35.2 Å². The lowest BCUT2D eigenvalue weighted by molar-refractivity contribution is -0.141. The molecular formula is C30H45N7O12S. The summed E-state index contributed by atoms with van der Waals surface area (Å²) in [5, 5.41) is 63.7. The molecule has 0 saturated heterocycles. The van der Waals surface area contributed by atoms with Gasteiger partial charge in [-0.2, -0.15) is 4.99 Å². The van der Waals surface area contributed by atoms with E-state index >= 15 is 0 Å². The van der Waals surface area contributed by atoms with E-state index in [1.54, 1.807) is 29.2 Å². The topological polar surface area (TPSA) is 273 Å². The van der Waals surface area contributed by atoms with E-state index < -0.39 is 61.5 Å². The van der Waals surface area contributed by atoms with Crippen LogP contribution in [-0.4, -0.2) is 195 Å². The Kier molecular flexibility index (Phi) is 21.5. The Bertz CT molecular complexity index is 1310. The summed E-state index contributed by atoms with van der Waals surface area (Å²) >= 11 is 4.63. The number of rotatable bonds is 30. The number of aliphatic imine (C=N–C) groups is 1. The predicted octanol–water partition coefficient (Wildman–Crippen LogP) is -1.77. The number of carboxylic acids is 6. The molecule has 0 aromatic heterocycles. The maximum atomic E-state index is 11.9. The van der Waals surface area contributed by atoms with Gasteiger partial charge in [-0.25, -0.2) is 0 Å². The number of thiocarbonyl (C=S) groups is 1. The second-order valence-corrected chi connectivity index (χ2v) is 11.4.